The van der Waals surface area contributed by atoms with E-state index in [2.05, 4.69) is 14.9 Å². The van der Waals surface area contributed by atoms with Gasteiger partial charge in [-0.15, -0.1) is 0 Å². The summed E-state index contributed by atoms with van der Waals surface area (Å²) in [6, 6.07) is 7.79. The lowest BCUT2D eigenvalue weighted by Crippen LogP contribution is -2.20. The number of carbonyl (C=O) groups excluding carboxylic acids is 1. The molecular weight excluding hydrogens is 250 g/mol. The van der Waals surface area contributed by atoms with Gasteiger partial charge in [0.05, 0.1) is 11.9 Å². The van der Waals surface area contributed by atoms with Gasteiger partial charge < -0.3 is 4.90 Å². The van der Waals surface area contributed by atoms with Gasteiger partial charge in [-0.25, -0.2) is 0 Å². The van der Waals surface area contributed by atoms with Gasteiger partial charge in [0.15, 0.2) is 5.78 Å². The molecule has 2 aromatic heterocycles. The highest BCUT2D eigenvalue weighted by molar-refractivity contribution is 5.94. The van der Waals surface area contributed by atoms with E-state index in [0.29, 0.717) is 12.1 Å². The highest BCUT2D eigenvalue weighted by Crippen LogP contribution is 2.13. The molecule has 4 heteroatoms. The molecule has 2 aromatic rings. The van der Waals surface area contributed by atoms with Crippen LogP contribution in [0.4, 0.5) is 5.69 Å². The number of ketones is 1. The summed E-state index contributed by atoms with van der Waals surface area (Å²) >= 11 is 0. The van der Waals surface area contributed by atoms with Crippen LogP contribution in [0.2, 0.25) is 0 Å². The third-order valence-corrected chi connectivity index (χ3v) is 3.28. The molecule has 0 spiro atoms. The fourth-order valence-electron chi connectivity index (χ4n) is 1.93. The van der Waals surface area contributed by atoms with Gasteiger partial charge >= 0.3 is 0 Å². The third kappa shape index (κ3) is 3.63. The summed E-state index contributed by atoms with van der Waals surface area (Å²) in [4.78, 5) is 21.9. The van der Waals surface area contributed by atoms with Crippen molar-refractivity contribution in [2.75, 3.05) is 18.5 Å². The third-order valence-electron chi connectivity index (χ3n) is 3.28. The Kier molecular flexibility index (Phi) is 4.82. The lowest BCUT2D eigenvalue weighted by atomic mass is 10.2. The van der Waals surface area contributed by atoms with Crippen molar-refractivity contribution < 1.29 is 4.79 Å². The maximum atomic E-state index is 11.5. The van der Waals surface area contributed by atoms with Crippen molar-refractivity contribution in [3.8, 4) is 0 Å². The van der Waals surface area contributed by atoms with E-state index in [9.17, 15) is 4.79 Å². The molecule has 0 radical (unpaired) electrons. The summed E-state index contributed by atoms with van der Waals surface area (Å²) < 4.78 is 0. The average molecular weight is 269 g/mol. The first kappa shape index (κ1) is 14.2. The first-order valence-corrected chi connectivity index (χ1v) is 6.80. The number of Topliss-reactive ketones (excluding diaryl/α,β-unsaturated/α-hetero) is 1. The van der Waals surface area contributed by atoms with Crippen molar-refractivity contribution in [2.24, 2.45) is 0 Å². The molecule has 0 amide bonds. The minimum atomic E-state index is 0.0796. The first-order valence-electron chi connectivity index (χ1n) is 6.80. The number of carbonyl (C=O) groups is 1. The minimum absolute atomic E-state index is 0.0796. The molecule has 0 fully saturated rings. The van der Waals surface area contributed by atoms with E-state index in [-0.39, 0.29) is 5.78 Å². The van der Waals surface area contributed by atoms with Crippen LogP contribution in [-0.4, -0.2) is 29.3 Å². The summed E-state index contributed by atoms with van der Waals surface area (Å²) in [5, 5.41) is 0. The average Bonchev–Trinajstić information content (AvgIpc) is 2.53. The van der Waals surface area contributed by atoms with E-state index in [1.807, 2.05) is 44.6 Å². The number of anilines is 1. The van der Waals surface area contributed by atoms with Crippen molar-refractivity contribution in [2.45, 2.75) is 19.8 Å². The summed E-state index contributed by atoms with van der Waals surface area (Å²) in [6.45, 7) is 2.74. The number of aromatic nitrogens is 2. The molecule has 0 aliphatic heterocycles. The second-order valence-electron chi connectivity index (χ2n) is 4.71. The molecule has 0 unspecified atom stereocenters. The van der Waals surface area contributed by atoms with Crippen LogP contribution in [0.25, 0.3) is 0 Å². The molecule has 0 saturated carbocycles. The van der Waals surface area contributed by atoms with E-state index in [1.165, 1.54) is 5.56 Å². The maximum Gasteiger partial charge on any atom is 0.180 e. The van der Waals surface area contributed by atoms with E-state index in [4.69, 9.17) is 0 Å². The Morgan fingerprint density at radius 3 is 2.55 bits per heavy atom. The van der Waals surface area contributed by atoms with Gasteiger partial charge in [0.1, 0.15) is 5.69 Å². The van der Waals surface area contributed by atoms with Crippen molar-refractivity contribution in [3.05, 3.63) is 54.1 Å². The minimum Gasteiger partial charge on any atom is -0.373 e. The highest BCUT2D eigenvalue weighted by atomic mass is 16.1. The number of rotatable bonds is 6. The molecule has 0 saturated heterocycles. The molecular formula is C16H19N3O. The smallest absolute Gasteiger partial charge is 0.180 e. The lowest BCUT2D eigenvalue weighted by molar-refractivity contribution is 0.0983. The van der Waals surface area contributed by atoms with E-state index in [1.54, 1.807) is 12.3 Å². The lowest BCUT2D eigenvalue weighted by Gasteiger charge is -2.19. The monoisotopic (exact) mass is 269 g/mol. The highest BCUT2D eigenvalue weighted by Gasteiger charge is 2.06. The molecule has 0 atom stereocenters. The number of pyridine rings is 2. The van der Waals surface area contributed by atoms with E-state index >= 15 is 0 Å². The first-order chi connectivity index (χ1) is 9.70. The Labute approximate surface area is 119 Å². The molecule has 0 aliphatic rings. The van der Waals surface area contributed by atoms with Crippen molar-refractivity contribution >= 4 is 11.5 Å². The van der Waals surface area contributed by atoms with Crippen LogP contribution in [0, 0.1) is 0 Å². The zero-order valence-electron chi connectivity index (χ0n) is 11.9. The van der Waals surface area contributed by atoms with Crippen LogP contribution < -0.4 is 4.90 Å². The molecule has 0 aromatic carbocycles. The normalized spacial score (nSPS) is 10.3. The second-order valence-corrected chi connectivity index (χ2v) is 4.71. The quantitative estimate of drug-likeness (QED) is 0.756. The van der Waals surface area contributed by atoms with Crippen molar-refractivity contribution in [1.82, 2.24) is 9.97 Å². The summed E-state index contributed by atoms with van der Waals surface area (Å²) in [5.41, 5.74) is 2.82. The van der Waals surface area contributed by atoms with Gasteiger partial charge in [0, 0.05) is 32.4 Å². The summed E-state index contributed by atoms with van der Waals surface area (Å²) in [6.07, 6.45) is 6.82. The standard InChI is InChI=1S/C16H19N3O/c1-3-16(20)15-5-4-14(12-18-15)19(2)11-8-13-6-9-17-10-7-13/h4-7,9-10,12H,3,8,11H2,1-2H3. The second kappa shape index (κ2) is 6.80. The number of hydrogen-bond donors (Lipinski definition) is 0. The fraction of sp³-hybridized carbons (Fsp3) is 0.312. The zero-order chi connectivity index (χ0) is 14.4. The Balaban J connectivity index is 1.95. The van der Waals surface area contributed by atoms with Gasteiger partial charge in [0.25, 0.3) is 0 Å². The number of nitrogens with zero attached hydrogens (tertiary/aromatic N) is 3. The van der Waals surface area contributed by atoms with Crippen molar-refractivity contribution in [3.63, 3.8) is 0 Å². The maximum absolute atomic E-state index is 11.5. The Morgan fingerprint density at radius 2 is 1.95 bits per heavy atom. The van der Waals surface area contributed by atoms with Gasteiger partial charge in [-0.3, -0.25) is 14.8 Å². The van der Waals surface area contributed by atoms with Gasteiger partial charge in [-0.05, 0) is 36.2 Å². The van der Waals surface area contributed by atoms with Crippen LogP contribution in [0.15, 0.2) is 42.9 Å². The topological polar surface area (TPSA) is 46.1 Å². The Morgan fingerprint density at radius 1 is 1.20 bits per heavy atom. The molecule has 0 N–H and O–H groups in total. The van der Waals surface area contributed by atoms with Crippen LogP contribution in [0.3, 0.4) is 0 Å². The van der Waals surface area contributed by atoms with Crippen molar-refractivity contribution in [1.29, 1.82) is 0 Å². The molecule has 0 bridgehead atoms. The van der Waals surface area contributed by atoms with Crippen LogP contribution >= 0.6 is 0 Å². The van der Waals surface area contributed by atoms with Gasteiger partial charge in [-0.2, -0.15) is 0 Å². The SMILES string of the molecule is CCC(=O)c1ccc(N(C)CCc2ccncc2)cn1. The fourth-order valence-corrected chi connectivity index (χ4v) is 1.93. The number of likely N-dealkylation sites (N-methyl/N-ethyl adjacent to an activating group) is 1. The number of hydrogen-bond acceptors (Lipinski definition) is 4. The van der Waals surface area contributed by atoms with E-state index in [0.717, 1.165) is 18.7 Å². The molecule has 2 heterocycles. The van der Waals surface area contributed by atoms with Gasteiger partial charge in [0.2, 0.25) is 0 Å². The predicted molar refractivity (Wildman–Crippen MR) is 80.1 cm³/mol. The molecule has 2 rings (SSSR count). The predicted octanol–water partition coefficient (Wildman–Crippen LogP) is 2.75. The largest absolute Gasteiger partial charge is 0.373 e. The summed E-state index contributed by atoms with van der Waals surface area (Å²) in [5.74, 6) is 0.0796. The molecule has 0 aliphatic carbocycles. The Bertz CT molecular complexity index is 552. The zero-order valence-corrected chi connectivity index (χ0v) is 11.9. The molecule has 4 nitrogen and oxygen atoms in total. The van der Waals surface area contributed by atoms with E-state index < -0.39 is 0 Å². The summed E-state index contributed by atoms with van der Waals surface area (Å²) in [7, 11) is 2.03. The van der Waals surface area contributed by atoms with Crippen LogP contribution in [0.5, 0.6) is 0 Å². The molecule has 20 heavy (non-hydrogen) atoms. The Hall–Kier alpha value is -2.23. The van der Waals surface area contributed by atoms with Gasteiger partial charge in [-0.1, -0.05) is 6.92 Å². The van der Waals surface area contributed by atoms with Crippen LogP contribution in [0.1, 0.15) is 29.4 Å². The molecule has 104 valence electrons. The van der Waals surface area contributed by atoms with Crippen LogP contribution in [-0.2, 0) is 6.42 Å².